The molecule has 0 aliphatic carbocycles. The monoisotopic (exact) mass is 355 g/mol. The Kier molecular flexibility index (Phi) is 3.75. The minimum absolute atomic E-state index is 0.0929. The van der Waals surface area contributed by atoms with Gasteiger partial charge in [-0.15, -0.1) is 11.3 Å². The molecule has 0 fully saturated rings. The number of H-pyrrole nitrogens is 1. The average Bonchev–Trinajstić information content (AvgIpc) is 3.04. The molecule has 24 heavy (non-hydrogen) atoms. The molecule has 0 spiro atoms. The van der Waals surface area contributed by atoms with Gasteiger partial charge in [-0.2, -0.15) is 0 Å². The number of aromatic nitrogens is 2. The number of nitrogens with zero attached hydrogens (tertiary/aromatic N) is 1. The molecule has 0 radical (unpaired) electrons. The number of hydrogen-bond acceptors (Lipinski definition) is 4. The lowest BCUT2D eigenvalue weighted by Crippen LogP contribution is -2.15. The van der Waals surface area contributed by atoms with Crippen LogP contribution >= 0.6 is 22.9 Å². The Morgan fingerprint density at radius 3 is 3.00 bits per heavy atom. The zero-order valence-corrected chi connectivity index (χ0v) is 14.5. The number of anilines is 1. The third-order valence-electron chi connectivity index (χ3n) is 4.11. The van der Waals surface area contributed by atoms with Gasteiger partial charge in [0.15, 0.2) is 0 Å². The molecule has 0 atom stereocenters. The lowest BCUT2D eigenvalue weighted by atomic mass is 10.1. The summed E-state index contributed by atoms with van der Waals surface area (Å²) in [6.07, 6.45) is 0. The van der Waals surface area contributed by atoms with Crippen LogP contribution in [0.3, 0.4) is 0 Å². The van der Waals surface area contributed by atoms with Crippen molar-refractivity contribution in [3.8, 4) is 0 Å². The molecule has 4 nitrogen and oxygen atoms in total. The topological polar surface area (TPSA) is 57.8 Å². The number of nitrogens with one attached hydrogen (secondary N) is 2. The predicted octanol–water partition coefficient (Wildman–Crippen LogP) is 4.71. The number of hydrogen-bond donors (Lipinski definition) is 2. The van der Waals surface area contributed by atoms with Gasteiger partial charge in [0.2, 0.25) is 0 Å². The number of fused-ring (bicyclic) bond motifs is 2. The molecule has 4 aromatic rings. The number of aryl methyl sites for hydroxylation is 1. The summed E-state index contributed by atoms with van der Waals surface area (Å²) in [5, 5.41) is 4.92. The van der Waals surface area contributed by atoms with Crippen molar-refractivity contribution in [2.45, 2.75) is 13.5 Å². The van der Waals surface area contributed by atoms with E-state index >= 15 is 0 Å². The number of pyridine rings is 1. The number of rotatable bonds is 3. The summed E-state index contributed by atoms with van der Waals surface area (Å²) in [6, 6.07) is 11.4. The first kappa shape index (κ1) is 15.2. The van der Waals surface area contributed by atoms with E-state index in [1.807, 2.05) is 42.8 Å². The molecular formula is C18H14ClN3OS. The maximum Gasteiger partial charge on any atom is 0.253 e. The van der Waals surface area contributed by atoms with Crippen LogP contribution in [-0.4, -0.2) is 9.97 Å². The summed E-state index contributed by atoms with van der Waals surface area (Å²) >= 11 is 7.66. The van der Waals surface area contributed by atoms with Crippen LogP contribution in [0.15, 0.2) is 46.7 Å². The minimum Gasteiger partial charge on any atom is -0.380 e. The molecule has 2 aromatic carbocycles. The highest BCUT2D eigenvalue weighted by molar-refractivity contribution is 7.16. The van der Waals surface area contributed by atoms with Gasteiger partial charge in [-0.05, 0) is 48.9 Å². The normalized spacial score (nSPS) is 11.2. The minimum atomic E-state index is -0.0929. The number of thiazole rings is 1. The maximum atomic E-state index is 12.3. The molecule has 0 amide bonds. The van der Waals surface area contributed by atoms with Gasteiger partial charge in [0.05, 0.1) is 15.7 Å². The molecule has 0 unspecified atom stereocenters. The van der Waals surface area contributed by atoms with Gasteiger partial charge in [-0.3, -0.25) is 4.79 Å². The first-order chi connectivity index (χ1) is 11.6. The summed E-state index contributed by atoms with van der Waals surface area (Å²) < 4.78 is 1.16. The van der Waals surface area contributed by atoms with Crippen LogP contribution < -0.4 is 10.9 Å². The zero-order valence-electron chi connectivity index (χ0n) is 12.9. The van der Waals surface area contributed by atoms with Gasteiger partial charge in [0.25, 0.3) is 5.56 Å². The highest BCUT2D eigenvalue weighted by Gasteiger charge is 2.08. The summed E-state index contributed by atoms with van der Waals surface area (Å²) in [6.45, 7) is 2.48. The van der Waals surface area contributed by atoms with E-state index in [4.69, 9.17) is 11.6 Å². The van der Waals surface area contributed by atoms with E-state index in [0.717, 1.165) is 32.4 Å². The highest BCUT2D eigenvalue weighted by Crippen LogP contribution is 2.27. The summed E-state index contributed by atoms with van der Waals surface area (Å²) in [5.41, 5.74) is 6.29. The van der Waals surface area contributed by atoms with E-state index in [1.54, 1.807) is 17.4 Å². The van der Waals surface area contributed by atoms with Crippen molar-refractivity contribution in [1.82, 2.24) is 9.97 Å². The molecule has 4 rings (SSSR count). The molecule has 0 saturated carbocycles. The van der Waals surface area contributed by atoms with Crippen molar-refractivity contribution >= 4 is 49.7 Å². The molecule has 2 N–H and O–H groups in total. The average molecular weight is 356 g/mol. The van der Waals surface area contributed by atoms with Gasteiger partial charge in [-0.1, -0.05) is 11.6 Å². The second-order valence-electron chi connectivity index (χ2n) is 5.65. The molecule has 2 aromatic heterocycles. The van der Waals surface area contributed by atoms with Crippen molar-refractivity contribution in [2.24, 2.45) is 0 Å². The number of halogens is 1. The third-order valence-corrected chi connectivity index (χ3v) is 5.14. The van der Waals surface area contributed by atoms with Crippen LogP contribution in [0, 0.1) is 6.92 Å². The highest BCUT2D eigenvalue weighted by atomic mass is 35.5. The van der Waals surface area contributed by atoms with E-state index in [-0.39, 0.29) is 5.56 Å². The third kappa shape index (κ3) is 2.66. The second-order valence-corrected chi connectivity index (χ2v) is 6.97. The largest absolute Gasteiger partial charge is 0.380 e. The lowest BCUT2D eigenvalue weighted by Gasteiger charge is -2.10. The van der Waals surface area contributed by atoms with Crippen LogP contribution in [-0.2, 0) is 6.54 Å². The Morgan fingerprint density at radius 1 is 1.25 bits per heavy atom. The zero-order chi connectivity index (χ0) is 16.7. The van der Waals surface area contributed by atoms with Crippen molar-refractivity contribution in [2.75, 3.05) is 5.32 Å². The summed E-state index contributed by atoms with van der Waals surface area (Å²) in [7, 11) is 0. The van der Waals surface area contributed by atoms with Crippen molar-refractivity contribution in [1.29, 1.82) is 0 Å². The molecule has 2 heterocycles. The predicted molar refractivity (Wildman–Crippen MR) is 101 cm³/mol. The molecule has 0 aliphatic heterocycles. The van der Waals surface area contributed by atoms with Crippen molar-refractivity contribution in [3.05, 3.63) is 68.4 Å². The molecule has 0 saturated heterocycles. The van der Waals surface area contributed by atoms with E-state index in [0.29, 0.717) is 17.1 Å². The standard InChI is InChI=1S/C18H14ClN3OS/c1-10-14(4-5-16-17(10)21-9-24-16)20-8-12-6-11-7-13(19)2-3-15(11)22-18(12)23/h2-7,9,20H,8H2,1H3,(H,22,23). The van der Waals surface area contributed by atoms with Gasteiger partial charge in [0, 0.05) is 33.7 Å². The molecular weight excluding hydrogens is 342 g/mol. The van der Waals surface area contributed by atoms with Crippen LogP contribution in [0.5, 0.6) is 0 Å². The van der Waals surface area contributed by atoms with E-state index in [2.05, 4.69) is 15.3 Å². The van der Waals surface area contributed by atoms with Crippen molar-refractivity contribution in [3.63, 3.8) is 0 Å². The van der Waals surface area contributed by atoms with Crippen LogP contribution in [0.25, 0.3) is 21.1 Å². The van der Waals surface area contributed by atoms with Gasteiger partial charge in [0.1, 0.15) is 0 Å². The van der Waals surface area contributed by atoms with Crippen LogP contribution in [0.1, 0.15) is 11.1 Å². The fraction of sp³-hybridized carbons (Fsp3) is 0.111. The van der Waals surface area contributed by atoms with Crippen LogP contribution in [0.4, 0.5) is 5.69 Å². The molecule has 120 valence electrons. The first-order valence-electron chi connectivity index (χ1n) is 7.50. The van der Waals surface area contributed by atoms with Gasteiger partial charge >= 0.3 is 0 Å². The quantitative estimate of drug-likeness (QED) is 0.559. The summed E-state index contributed by atoms with van der Waals surface area (Å²) in [4.78, 5) is 19.6. The summed E-state index contributed by atoms with van der Waals surface area (Å²) in [5.74, 6) is 0. The van der Waals surface area contributed by atoms with Gasteiger partial charge < -0.3 is 10.3 Å². The Bertz CT molecular complexity index is 1120. The fourth-order valence-electron chi connectivity index (χ4n) is 2.80. The maximum absolute atomic E-state index is 12.3. The lowest BCUT2D eigenvalue weighted by molar-refractivity contribution is 1.09. The molecule has 6 heteroatoms. The Labute approximate surface area is 147 Å². The van der Waals surface area contributed by atoms with Crippen LogP contribution in [0.2, 0.25) is 5.02 Å². The van der Waals surface area contributed by atoms with Crippen molar-refractivity contribution < 1.29 is 0 Å². The SMILES string of the molecule is Cc1c(NCc2cc3cc(Cl)ccc3[nH]c2=O)ccc2scnc12. The smallest absolute Gasteiger partial charge is 0.253 e. The fourth-order valence-corrected chi connectivity index (χ4v) is 3.72. The Morgan fingerprint density at radius 2 is 2.12 bits per heavy atom. The van der Waals surface area contributed by atoms with E-state index < -0.39 is 0 Å². The van der Waals surface area contributed by atoms with Gasteiger partial charge in [-0.25, -0.2) is 4.98 Å². The Hall–Kier alpha value is -2.37. The number of aromatic amines is 1. The number of benzene rings is 2. The molecule has 0 bridgehead atoms. The van der Waals surface area contributed by atoms with E-state index in [1.165, 1.54) is 0 Å². The van der Waals surface area contributed by atoms with E-state index in [9.17, 15) is 4.79 Å². The Balaban J connectivity index is 1.67. The first-order valence-corrected chi connectivity index (χ1v) is 8.76. The second kappa shape index (κ2) is 5.92. The molecule has 0 aliphatic rings.